The molecule has 9 heteroatoms. The molecule has 174 valence electrons. The second kappa shape index (κ2) is 11.4. The van der Waals surface area contributed by atoms with Gasteiger partial charge in [0.05, 0.1) is 25.0 Å². The number of benzene rings is 3. The number of para-hydroxylation sites is 1. The van der Waals surface area contributed by atoms with E-state index in [2.05, 4.69) is 5.32 Å². The Labute approximate surface area is 204 Å². The summed E-state index contributed by atoms with van der Waals surface area (Å²) in [6.07, 6.45) is 3.10. The number of thioether (sulfide) groups is 1. The number of nitrogens with zero attached hydrogens (tertiary/aromatic N) is 1. The standard InChI is InChI=1S/C24H25ClN2O4S2/c1-32-23-6-4-3-5-22(23)27(33(2,29)30)17-18-7-9-19(10-8-18)24(28)26-15-16-31-21-13-11-20(25)12-14-21/h3-14H,15-17H2,1-2H3,(H,26,28). The third-order valence-electron chi connectivity index (χ3n) is 4.77. The molecule has 0 unspecified atom stereocenters. The molecule has 0 fully saturated rings. The summed E-state index contributed by atoms with van der Waals surface area (Å²) in [6, 6.07) is 21.3. The van der Waals surface area contributed by atoms with E-state index < -0.39 is 10.0 Å². The topological polar surface area (TPSA) is 75.7 Å². The van der Waals surface area contributed by atoms with E-state index >= 15 is 0 Å². The van der Waals surface area contributed by atoms with Gasteiger partial charge in [0.25, 0.3) is 5.91 Å². The minimum absolute atomic E-state index is 0.174. The summed E-state index contributed by atoms with van der Waals surface area (Å²) < 4.78 is 31.9. The largest absolute Gasteiger partial charge is 0.492 e. The summed E-state index contributed by atoms with van der Waals surface area (Å²) in [4.78, 5) is 13.3. The lowest BCUT2D eigenvalue weighted by atomic mass is 10.1. The fourth-order valence-electron chi connectivity index (χ4n) is 3.11. The van der Waals surface area contributed by atoms with Gasteiger partial charge >= 0.3 is 0 Å². The molecule has 0 spiro atoms. The van der Waals surface area contributed by atoms with E-state index in [4.69, 9.17) is 16.3 Å². The van der Waals surface area contributed by atoms with Crippen molar-refractivity contribution >= 4 is 45.0 Å². The van der Waals surface area contributed by atoms with E-state index in [0.717, 1.165) is 10.5 Å². The van der Waals surface area contributed by atoms with Crippen LogP contribution in [0.15, 0.2) is 77.7 Å². The number of sulfonamides is 1. The number of anilines is 1. The van der Waals surface area contributed by atoms with Crippen molar-refractivity contribution in [2.75, 3.05) is 30.0 Å². The van der Waals surface area contributed by atoms with Crippen LogP contribution in [0.5, 0.6) is 5.75 Å². The van der Waals surface area contributed by atoms with Crippen molar-refractivity contribution in [2.45, 2.75) is 11.4 Å². The number of ether oxygens (including phenoxy) is 1. The van der Waals surface area contributed by atoms with Gasteiger partial charge in [-0.2, -0.15) is 0 Å². The fraction of sp³-hybridized carbons (Fsp3) is 0.208. The maximum atomic E-state index is 12.5. The maximum absolute atomic E-state index is 12.5. The van der Waals surface area contributed by atoms with Crippen LogP contribution >= 0.6 is 23.4 Å². The average molecular weight is 505 g/mol. The predicted molar refractivity (Wildman–Crippen MR) is 135 cm³/mol. The fourth-order valence-corrected chi connectivity index (χ4v) is 4.80. The zero-order valence-corrected chi connectivity index (χ0v) is 20.7. The van der Waals surface area contributed by atoms with E-state index in [1.807, 2.05) is 24.5 Å². The molecule has 0 saturated heterocycles. The minimum Gasteiger partial charge on any atom is -0.492 e. The first-order chi connectivity index (χ1) is 15.8. The first-order valence-electron chi connectivity index (χ1n) is 10.1. The lowest BCUT2D eigenvalue weighted by molar-refractivity contribution is 0.0947. The van der Waals surface area contributed by atoms with Crippen LogP contribution in [0.25, 0.3) is 0 Å². The molecule has 6 nitrogen and oxygen atoms in total. The highest BCUT2D eigenvalue weighted by molar-refractivity contribution is 7.99. The van der Waals surface area contributed by atoms with Gasteiger partial charge in [-0.3, -0.25) is 9.10 Å². The van der Waals surface area contributed by atoms with E-state index in [1.165, 1.54) is 22.3 Å². The SMILES string of the molecule is CSc1ccccc1N(Cc1ccc(C(=O)NCCOc2ccc(Cl)cc2)cc1)S(C)(=O)=O. The van der Waals surface area contributed by atoms with Crippen LogP contribution < -0.4 is 14.4 Å². The average Bonchev–Trinajstić information content (AvgIpc) is 2.81. The number of hydrogen-bond acceptors (Lipinski definition) is 5. The smallest absolute Gasteiger partial charge is 0.251 e. The van der Waals surface area contributed by atoms with Crippen LogP contribution in [0, 0.1) is 0 Å². The molecular weight excluding hydrogens is 480 g/mol. The van der Waals surface area contributed by atoms with Gasteiger partial charge in [0, 0.05) is 15.5 Å². The third-order valence-corrected chi connectivity index (χ3v) is 6.93. The summed E-state index contributed by atoms with van der Waals surface area (Å²) >= 11 is 7.33. The van der Waals surface area contributed by atoms with Gasteiger partial charge in [0.1, 0.15) is 12.4 Å². The highest BCUT2D eigenvalue weighted by Gasteiger charge is 2.20. The molecule has 3 rings (SSSR count). The maximum Gasteiger partial charge on any atom is 0.251 e. The lowest BCUT2D eigenvalue weighted by Crippen LogP contribution is -2.30. The molecule has 3 aromatic carbocycles. The van der Waals surface area contributed by atoms with Gasteiger partial charge in [-0.1, -0.05) is 35.9 Å². The summed E-state index contributed by atoms with van der Waals surface area (Å²) in [5.74, 6) is 0.449. The zero-order chi connectivity index (χ0) is 23.8. The Morgan fingerprint density at radius 3 is 2.33 bits per heavy atom. The van der Waals surface area contributed by atoms with Crippen LogP contribution in [0.3, 0.4) is 0 Å². The monoisotopic (exact) mass is 504 g/mol. The first-order valence-corrected chi connectivity index (χ1v) is 13.6. The molecule has 3 aromatic rings. The molecule has 0 bridgehead atoms. The number of amides is 1. The Kier molecular flexibility index (Phi) is 8.66. The van der Waals surface area contributed by atoms with E-state index in [9.17, 15) is 13.2 Å². The van der Waals surface area contributed by atoms with Gasteiger partial charge in [-0.25, -0.2) is 8.42 Å². The van der Waals surface area contributed by atoms with Gasteiger partial charge < -0.3 is 10.1 Å². The van der Waals surface area contributed by atoms with Crippen LogP contribution in [0.2, 0.25) is 5.02 Å². The van der Waals surface area contributed by atoms with Gasteiger partial charge in [0.15, 0.2) is 0 Å². The van der Waals surface area contributed by atoms with E-state index in [0.29, 0.717) is 35.2 Å². The van der Waals surface area contributed by atoms with Gasteiger partial charge in [-0.05, 0) is 60.4 Å². The molecule has 0 aliphatic rings. The summed E-state index contributed by atoms with van der Waals surface area (Å²) in [7, 11) is -3.50. The van der Waals surface area contributed by atoms with Crippen LogP contribution in [-0.2, 0) is 16.6 Å². The number of hydrogen-bond donors (Lipinski definition) is 1. The molecule has 0 aliphatic heterocycles. The Morgan fingerprint density at radius 2 is 1.70 bits per heavy atom. The molecule has 1 N–H and O–H groups in total. The van der Waals surface area contributed by atoms with Crippen LogP contribution in [-0.4, -0.2) is 40.0 Å². The predicted octanol–water partition coefficient (Wildman–Crippen LogP) is 4.84. The molecule has 0 atom stereocenters. The minimum atomic E-state index is -3.50. The lowest BCUT2D eigenvalue weighted by Gasteiger charge is -2.24. The van der Waals surface area contributed by atoms with Crippen molar-refractivity contribution in [1.82, 2.24) is 5.32 Å². The Balaban J connectivity index is 1.60. The number of carbonyl (C=O) groups excluding carboxylic acids is 1. The van der Waals surface area contributed by atoms with Crippen molar-refractivity contribution < 1.29 is 17.9 Å². The summed E-state index contributed by atoms with van der Waals surface area (Å²) in [5, 5.41) is 3.44. The van der Waals surface area contributed by atoms with Crippen molar-refractivity contribution in [3.8, 4) is 5.75 Å². The molecular formula is C24H25ClN2O4S2. The second-order valence-corrected chi connectivity index (χ2v) is 10.4. The van der Waals surface area contributed by atoms with Crippen molar-refractivity contribution in [3.63, 3.8) is 0 Å². The highest BCUT2D eigenvalue weighted by atomic mass is 35.5. The normalized spacial score (nSPS) is 11.1. The zero-order valence-electron chi connectivity index (χ0n) is 18.3. The number of rotatable bonds is 10. The molecule has 1 amide bonds. The molecule has 0 heterocycles. The van der Waals surface area contributed by atoms with Crippen LogP contribution in [0.4, 0.5) is 5.69 Å². The van der Waals surface area contributed by atoms with Gasteiger partial charge in [0.2, 0.25) is 10.0 Å². The Morgan fingerprint density at radius 1 is 1.03 bits per heavy atom. The summed E-state index contributed by atoms with van der Waals surface area (Å²) in [5.41, 5.74) is 1.90. The molecule has 0 radical (unpaired) electrons. The molecule has 33 heavy (non-hydrogen) atoms. The van der Waals surface area contributed by atoms with Crippen molar-refractivity contribution in [2.24, 2.45) is 0 Å². The third kappa shape index (κ3) is 7.15. The van der Waals surface area contributed by atoms with Crippen molar-refractivity contribution in [3.05, 3.63) is 88.9 Å². The summed E-state index contributed by atoms with van der Waals surface area (Å²) in [6.45, 7) is 0.841. The molecule has 0 aliphatic carbocycles. The number of nitrogens with one attached hydrogen (secondary N) is 1. The van der Waals surface area contributed by atoms with Gasteiger partial charge in [-0.15, -0.1) is 11.8 Å². The van der Waals surface area contributed by atoms with E-state index in [-0.39, 0.29) is 12.5 Å². The first kappa shape index (κ1) is 25.0. The Bertz CT molecular complexity index is 1180. The van der Waals surface area contributed by atoms with Crippen molar-refractivity contribution in [1.29, 1.82) is 0 Å². The Hall–Kier alpha value is -2.68. The molecule has 0 aromatic heterocycles. The molecule has 0 saturated carbocycles. The van der Waals surface area contributed by atoms with E-state index in [1.54, 1.807) is 54.6 Å². The highest BCUT2D eigenvalue weighted by Crippen LogP contribution is 2.31. The second-order valence-electron chi connectivity index (χ2n) is 7.20. The number of carbonyl (C=O) groups is 1. The number of halogens is 1. The quantitative estimate of drug-likeness (QED) is 0.316. The van der Waals surface area contributed by atoms with Crippen LogP contribution in [0.1, 0.15) is 15.9 Å².